The highest BCUT2D eigenvalue weighted by atomic mass is 16.6. The van der Waals surface area contributed by atoms with Crippen molar-refractivity contribution in [1.29, 1.82) is 0 Å². The molecule has 0 spiro atoms. The van der Waals surface area contributed by atoms with Gasteiger partial charge >= 0.3 is 5.97 Å². The number of epoxide rings is 1. The van der Waals surface area contributed by atoms with Crippen molar-refractivity contribution in [3.63, 3.8) is 0 Å². The third-order valence-electron chi connectivity index (χ3n) is 3.45. The van der Waals surface area contributed by atoms with Gasteiger partial charge in [0.15, 0.2) is 0 Å². The maximum atomic E-state index is 11.8. The van der Waals surface area contributed by atoms with Crippen LogP contribution < -0.4 is 0 Å². The molecule has 0 bridgehead atoms. The lowest BCUT2D eigenvalue weighted by molar-refractivity contribution is -0.155. The Hall–Kier alpha value is -0.570. The molecule has 0 aromatic rings. The highest BCUT2D eigenvalue weighted by Gasteiger charge is 2.45. The molecule has 1 unspecified atom stereocenters. The molecule has 1 heterocycles. The van der Waals surface area contributed by atoms with E-state index in [0.29, 0.717) is 6.10 Å². The first-order valence-corrected chi connectivity index (χ1v) is 5.47. The molecule has 14 heavy (non-hydrogen) atoms. The molecule has 3 nitrogen and oxygen atoms in total. The fraction of sp³-hybridized carbons (Fsp3) is 0.909. The monoisotopic (exact) mass is 198 g/mol. The molecule has 1 aliphatic heterocycles. The predicted molar refractivity (Wildman–Crippen MR) is 51.9 cm³/mol. The normalized spacial score (nSPS) is 29.6. The van der Waals surface area contributed by atoms with Crippen molar-refractivity contribution < 1.29 is 14.3 Å². The van der Waals surface area contributed by atoms with Gasteiger partial charge in [-0.25, -0.2) is 0 Å². The van der Waals surface area contributed by atoms with Crippen LogP contribution in [0, 0.1) is 5.41 Å². The SMILES string of the molecule is COC(=O)C1(CC2CO2)CCCCC1. The Morgan fingerprint density at radius 1 is 1.43 bits per heavy atom. The third kappa shape index (κ3) is 1.92. The lowest BCUT2D eigenvalue weighted by atomic mass is 9.71. The Labute approximate surface area is 84.8 Å². The molecular weight excluding hydrogens is 180 g/mol. The van der Waals surface area contributed by atoms with E-state index in [9.17, 15) is 4.79 Å². The van der Waals surface area contributed by atoms with Gasteiger partial charge < -0.3 is 9.47 Å². The molecular formula is C11H18O3. The molecule has 2 fully saturated rings. The summed E-state index contributed by atoms with van der Waals surface area (Å²) in [6.07, 6.45) is 6.74. The van der Waals surface area contributed by atoms with Crippen LogP contribution in [-0.2, 0) is 14.3 Å². The summed E-state index contributed by atoms with van der Waals surface area (Å²) in [4.78, 5) is 11.8. The highest BCUT2D eigenvalue weighted by Crippen LogP contribution is 2.43. The maximum absolute atomic E-state index is 11.8. The summed E-state index contributed by atoms with van der Waals surface area (Å²) in [7, 11) is 1.49. The van der Waals surface area contributed by atoms with E-state index in [1.807, 2.05) is 0 Å². The van der Waals surface area contributed by atoms with Crippen molar-refractivity contribution in [2.45, 2.75) is 44.6 Å². The molecule has 1 atom stereocenters. The summed E-state index contributed by atoms with van der Waals surface area (Å²) >= 11 is 0. The fourth-order valence-electron chi connectivity index (χ4n) is 2.56. The van der Waals surface area contributed by atoms with Gasteiger partial charge in [0.2, 0.25) is 0 Å². The lowest BCUT2D eigenvalue weighted by Crippen LogP contribution is -2.35. The van der Waals surface area contributed by atoms with E-state index >= 15 is 0 Å². The van der Waals surface area contributed by atoms with Crippen molar-refractivity contribution in [2.24, 2.45) is 5.41 Å². The molecule has 0 radical (unpaired) electrons. The smallest absolute Gasteiger partial charge is 0.311 e. The molecule has 0 aromatic heterocycles. The predicted octanol–water partition coefficient (Wildman–Crippen LogP) is 1.90. The van der Waals surface area contributed by atoms with Crippen LogP contribution in [0.5, 0.6) is 0 Å². The number of ether oxygens (including phenoxy) is 2. The van der Waals surface area contributed by atoms with E-state index < -0.39 is 0 Å². The van der Waals surface area contributed by atoms with Gasteiger partial charge in [-0.2, -0.15) is 0 Å². The van der Waals surface area contributed by atoms with Gasteiger partial charge in [-0.05, 0) is 19.3 Å². The Balaban J connectivity index is 2.04. The summed E-state index contributed by atoms with van der Waals surface area (Å²) in [6, 6.07) is 0. The van der Waals surface area contributed by atoms with Crippen LogP contribution in [0.3, 0.4) is 0 Å². The first-order valence-electron chi connectivity index (χ1n) is 5.47. The molecule has 2 aliphatic rings. The van der Waals surface area contributed by atoms with Crippen molar-refractivity contribution in [3.8, 4) is 0 Å². The fourth-order valence-corrected chi connectivity index (χ4v) is 2.56. The minimum atomic E-state index is -0.214. The quantitative estimate of drug-likeness (QED) is 0.513. The third-order valence-corrected chi connectivity index (χ3v) is 3.45. The summed E-state index contributed by atoms with van der Waals surface area (Å²) in [5.74, 6) is -0.0206. The second kappa shape index (κ2) is 3.89. The number of carbonyl (C=O) groups is 1. The summed E-state index contributed by atoms with van der Waals surface area (Å²) in [5.41, 5.74) is -0.214. The molecule has 80 valence electrons. The highest BCUT2D eigenvalue weighted by molar-refractivity contribution is 5.76. The molecule has 2 rings (SSSR count). The maximum Gasteiger partial charge on any atom is 0.311 e. The minimum absolute atomic E-state index is 0.0206. The molecule has 3 heteroatoms. The zero-order valence-corrected chi connectivity index (χ0v) is 8.75. The number of hydrogen-bond donors (Lipinski definition) is 0. The molecule has 1 aliphatic carbocycles. The average Bonchev–Trinajstić information content (AvgIpc) is 3.02. The largest absolute Gasteiger partial charge is 0.469 e. The Morgan fingerprint density at radius 3 is 2.57 bits per heavy atom. The zero-order valence-electron chi connectivity index (χ0n) is 8.75. The van der Waals surface area contributed by atoms with Crippen LogP contribution in [-0.4, -0.2) is 25.8 Å². The van der Waals surface area contributed by atoms with E-state index in [2.05, 4.69) is 0 Å². The van der Waals surface area contributed by atoms with E-state index in [4.69, 9.17) is 9.47 Å². The van der Waals surface area contributed by atoms with Crippen molar-refractivity contribution in [3.05, 3.63) is 0 Å². The van der Waals surface area contributed by atoms with Crippen LogP contribution in [0.25, 0.3) is 0 Å². The Bertz CT molecular complexity index is 215. The number of methoxy groups -OCH3 is 1. The van der Waals surface area contributed by atoms with Gasteiger partial charge in [-0.3, -0.25) is 4.79 Å². The van der Waals surface area contributed by atoms with Crippen molar-refractivity contribution in [1.82, 2.24) is 0 Å². The number of hydrogen-bond acceptors (Lipinski definition) is 3. The Morgan fingerprint density at radius 2 is 2.07 bits per heavy atom. The molecule has 0 N–H and O–H groups in total. The molecule has 0 aromatic carbocycles. The van der Waals surface area contributed by atoms with Gasteiger partial charge in [0.1, 0.15) is 0 Å². The van der Waals surface area contributed by atoms with E-state index in [-0.39, 0.29) is 11.4 Å². The standard InChI is InChI=1S/C11H18O3/c1-13-10(12)11(7-9-8-14-9)5-3-2-4-6-11/h9H,2-8H2,1H3. The second-order valence-corrected chi connectivity index (χ2v) is 4.49. The number of esters is 1. The van der Waals surface area contributed by atoms with E-state index in [1.54, 1.807) is 0 Å². The number of rotatable bonds is 3. The average molecular weight is 198 g/mol. The molecule has 1 saturated carbocycles. The van der Waals surface area contributed by atoms with Gasteiger partial charge in [0.05, 0.1) is 25.2 Å². The zero-order chi connectivity index (χ0) is 10.0. The van der Waals surface area contributed by atoms with E-state index in [0.717, 1.165) is 38.7 Å². The van der Waals surface area contributed by atoms with E-state index in [1.165, 1.54) is 13.5 Å². The van der Waals surface area contributed by atoms with Crippen LogP contribution in [0.1, 0.15) is 38.5 Å². The Kier molecular flexibility index (Phi) is 2.77. The number of carbonyl (C=O) groups excluding carboxylic acids is 1. The van der Waals surface area contributed by atoms with Crippen LogP contribution in [0.15, 0.2) is 0 Å². The van der Waals surface area contributed by atoms with Gasteiger partial charge in [-0.15, -0.1) is 0 Å². The lowest BCUT2D eigenvalue weighted by Gasteiger charge is -2.33. The van der Waals surface area contributed by atoms with Gasteiger partial charge in [0, 0.05) is 0 Å². The van der Waals surface area contributed by atoms with Gasteiger partial charge in [-0.1, -0.05) is 19.3 Å². The van der Waals surface area contributed by atoms with Gasteiger partial charge in [0.25, 0.3) is 0 Å². The van der Waals surface area contributed by atoms with Crippen LogP contribution >= 0.6 is 0 Å². The van der Waals surface area contributed by atoms with Crippen molar-refractivity contribution in [2.75, 3.05) is 13.7 Å². The van der Waals surface area contributed by atoms with Crippen molar-refractivity contribution >= 4 is 5.97 Å². The van der Waals surface area contributed by atoms with Crippen LogP contribution in [0.2, 0.25) is 0 Å². The minimum Gasteiger partial charge on any atom is -0.469 e. The van der Waals surface area contributed by atoms with Crippen LogP contribution in [0.4, 0.5) is 0 Å². The first-order chi connectivity index (χ1) is 6.77. The summed E-state index contributed by atoms with van der Waals surface area (Å²) in [6.45, 7) is 0.832. The first kappa shape index (κ1) is 9.97. The molecule has 1 saturated heterocycles. The summed E-state index contributed by atoms with van der Waals surface area (Å²) < 4.78 is 10.2. The molecule has 0 amide bonds. The summed E-state index contributed by atoms with van der Waals surface area (Å²) in [5, 5.41) is 0. The topological polar surface area (TPSA) is 38.8 Å². The second-order valence-electron chi connectivity index (χ2n) is 4.49.